The van der Waals surface area contributed by atoms with E-state index < -0.39 is 17.1 Å². The van der Waals surface area contributed by atoms with E-state index in [0.29, 0.717) is 17.2 Å². The molecule has 0 radical (unpaired) electrons. The van der Waals surface area contributed by atoms with Gasteiger partial charge in [0.2, 0.25) is 5.88 Å². The normalized spacial score (nSPS) is 11.5. The molecule has 2 aromatic rings. The predicted molar refractivity (Wildman–Crippen MR) is 90.0 cm³/mol. The molecule has 0 saturated heterocycles. The average Bonchev–Trinajstić information content (AvgIpc) is 2.58. The smallest absolute Gasteiger partial charge is 0.333 e. The minimum atomic E-state index is -0.626. The van der Waals surface area contributed by atoms with Crippen LogP contribution in [0.3, 0.4) is 0 Å². The lowest BCUT2D eigenvalue weighted by molar-refractivity contribution is 0.404. The summed E-state index contributed by atoms with van der Waals surface area (Å²) in [5.41, 5.74) is -0.615. The van der Waals surface area contributed by atoms with Crippen molar-refractivity contribution in [1.82, 2.24) is 9.13 Å². The SMILES string of the molecule is COc1ccc(OC)c(N=C(C)c2c(O)n(C)c(=O)n(C)c2=O)c1. The maximum absolute atomic E-state index is 12.3. The molecule has 8 heteroatoms. The van der Waals surface area contributed by atoms with Gasteiger partial charge in [-0.05, 0) is 19.1 Å². The fourth-order valence-electron chi connectivity index (χ4n) is 2.27. The number of aromatic nitrogens is 2. The van der Waals surface area contributed by atoms with Crippen LogP contribution >= 0.6 is 0 Å². The molecular formula is C16H19N3O5. The highest BCUT2D eigenvalue weighted by Gasteiger charge is 2.18. The molecule has 0 atom stereocenters. The van der Waals surface area contributed by atoms with E-state index in [1.807, 2.05) is 0 Å². The van der Waals surface area contributed by atoms with Crippen LogP contribution in [0.5, 0.6) is 17.4 Å². The van der Waals surface area contributed by atoms with Gasteiger partial charge >= 0.3 is 5.69 Å². The van der Waals surface area contributed by atoms with Gasteiger partial charge < -0.3 is 14.6 Å². The van der Waals surface area contributed by atoms with Crippen molar-refractivity contribution in [2.75, 3.05) is 14.2 Å². The van der Waals surface area contributed by atoms with E-state index in [-0.39, 0.29) is 11.3 Å². The van der Waals surface area contributed by atoms with Gasteiger partial charge in [0.05, 0.1) is 19.9 Å². The van der Waals surface area contributed by atoms with Crippen LogP contribution < -0.4 is 20.7 Å². The van der Waals surface area contributed by atoms with Gasteiger partial charge in [0, 0.05) is 20.2 Å². The van der Waals surface area contributed by atoms with Crippen LogP contribution in [0.1, 0.15) is 12.5 Å². The molecule has 0 aliphatic carbocycles. The van der Waals surface area contributed by atoms with Crippen LogP contribution in [0.4, 0.5) is 5.69 Å². The molecule has 8 nitrogen and oxygen atoms in total. The van der Waals surface area contributed by atoms with Crippen molar-refractivity contribution in [1.29, 1.82) is 0 Å². The quantitative estimate of drug-likeness (QED) is 0.841. The van der Waals surface area contributed by atoms with Gasteiger partial charge in [-0.3, -0.25) is 13.9 Å². The molecule has 0 unspecified atom stereocenters. The van der Waals surface area contributed by atoms with Crippen molar-refractivity contribution in [2.24, 2.45) is 19.1 Å². The number of aliphatic imine (C=N–C) groups is 1. The Labute approximate surface area is 138 Å². The van der Waals surface area contributed by atoms with Gasteiger partial charge in [-0.25, -0.2) is 9.79 Å². The van der Waals surface area contributed by atoms with Crippen molar-refractivity contribution in [3.05, 3.63) is 44.6 Å². The molecule has 1 heterocycles. The van der Waals surface area contributed by atoms with E-state index in [4.69, 9.17) is 9.47 Å². The van der Waals surface area contributed by atoms with Crippen LogP contribution in [0.15, 0.2) is 32.8 Å². The Morgan fingerprint density at radius 3 is 2.38 bits per heavy atom. The van der Waals surface area contributed by atoms with Crippen LogP contribution in [0, 0.1) is 0 Å². The molecule has 0 aliphatic heterocycles. The molecule has 0 aliphatic rings. The van der Waals surface area contributed by atoms with Gasteiger partial charge in [0.25, 0.3) is 5.56 Å². The molecule has 24 heavy (non-hydrogen) atoms. The summed E-state index contributed by atoms with van der Waals surface area (Å²) in [5, 5.41) is 10.2. The summed E-state index contributed by atoms with van der Waals surface area (Å²) < 4.78 is 12.3. The summed E-state index contributed by atoms with van der Waals surface area (Å²) in [6, 6.07) is 5.05. The van der Waals surface area contributed by atoms with Gasteiger partial charge in [0.1, 0.15) is 22.7 Å². The molecule has 0 bridgehead atoms. The highest BCUT2D eigenvalue weighted by atomic mass is 16.5. The Morgan fingerprint density at radius 2 is 1.79 bits per heavy atom. The molecule has 0 spiro atoms. The second kappa shape index (κ2) is 6.61. The van der Waals surface area contributed by atoms with Gasteiger partial charge in [-0.1, -0.05) is 0 Å². The highest BCUT2D eigenvalue weighted by molar-refractivity contribution is 6.02. The van der Waals surface area contributed by atoms with Crippen LogP contribution in [0.25, 0.3) is 0 Å². The van der Waals surface area contributed by atoms with Gasteiger partial charge in [-0.2, -0.15) is 0 Å². The fraction of sp³-hybridized carbons (Fsp3) is 0.312. The molecule has 1 aromatic carbocycles. The highest BCUT2D eigenvalue weighted by Crippen LogP contribution is 2.32. The molecular weight excluding hydrogens is 314 g/mol. The first-order chi connectivity index (χ1) is 11.3. The number of nitrogens with zero attached hydrogens (tertiary/aromatic N) is 3. The van der Waals surface area contributed by atoms with Crippen molar-refractivity contribution >= 4 is 11.4 Å². The zero-order chi connectivity index (χ0) is 18.0. The van der Waals surface area contributed by atoms with Crippen LogP contribution in [0.2, 0.25) is 0 Å². The monoisotopic (exact) mass is 333 g/mol. The number of rotatable bonds is 4. The first-order valence-corrected chi connectivity index (χ1v) is 7.08. The van der Waals surface area contributed by atoms with Crippen molar-refractivity contribution in [3.63, 3.8) is 0 Å². The molecule has 0 fully saturated rings. The molecule has 2 rings (SSSR count). The van der Waals surface area contributed by atoms with Crippen molar-refractivity contribution in [3.8, 4) is 17.4 Å². The molecule has 0 amide bonds. The van der Waals surface area contributed by atoms with E-state index >= 15 is 0 Å². The molecule has 128 valence electrons. The third-order valence-corrected chi connectivity index (χ3v) is 3.67. The van der Waals surface area contributed by atoms with Crippen molar-refractivity contribution in [2.45, 2.75) is 6.92 Å². The lowest BCUT2D eigenvalue weighted by atomic mass is 10.2. The van der Waals surface area contributed by atoms with E-state index in [1.54, 1.807) is 25.1 Å². The maximum atomic E-state index is 12.3. The van der Waals surface area contributed by atoms with Crippen molar-refractivity contribution < 1.29 is 14.6 Å². The number of methoxy groups -OCH3 is 2. The summed E-state index contributed by atoms with van der Waals surface area (Å²) in [5.74, 6) is 0.613. The lowest BCUT2D eigenvalue weighted by Gasteiger charge is -2.11. The Balaban J connectivity index is 2.70. The number of ether oxygens (including phenoxy) is 2. The number of hydrogen-bond donors (Lipinski definition) is 1. The topological polar surface area (TPSA) is 95.0 Å². The Morgan fingerprint density at radius 1 is 1.12 bits per heavy atom. The Bertz CT molecular complexity index is 925. The van der Waals surface area contributed by atoms with Gasteiger partial charge in [-0.15, -0.1) is 0 Å². The third kappa shape index (κ3) is 2.90. The fourth-order valence-corrected chi connectivity index (χ4v) is 2.27. The second-order valence-electron chi connectivity index (χ2n) is 5.14. The van der Waals surface area contributed by atoms with E-state index in [9.17, 15) is 14.7 Å². The first kappa shape index (κ1) is 17.3. The third-order valence-electron chi connectivity index (χ3n) is 3.67. The zero-order valence-corrected chi connectivity index (χ0v) is 14.2. The van der Waals surface area contributed by atoms with E-state index in [2.05, 4.69) is 4.99 Å². The zero-order valence-electron chi connectivity index (χ0n) is 14.2. The summed E-state index contributed by atoms with van der Waals surface area (Å²) in [6.45, 7) is 1.57. The minimum absolute atomic E-state index is 0.0514. The van der Waals surface area contributed by atoms with Crippen LogP contribution in [-0.4, -0.2) is 34.2 Å². The number of hydrogen-bond acceptors (Lipinski definition) is 6. The number of aromatic hydroxyl groups is 1. The molecule has 1 aromatic heterocycles. The average molecular weight is 333 g/mol. The molecule has 1 N–H and O–H groups in total. The summed E-state index contributed by atoms with van der Waals surface area (Å²) >= 11 is 0. The minimum Gasteiger partial charge on any atom is -0.497 e. The first-order valence-electron chi connectivity index (χ1n) is 7.08. The van der Waals surface area contributed by atoms with Crippen LogP contribution in [-0.2, 0) is 14.1 Å². The van der Waals surface area contributed by atoms with E-state index in [1.165, 1.54) is 28.3 Å². The largest absolute Gasteiger partial charge is 0.497 e. The maximum Gasteiger partial charge on any atom is 0.333 e. The van der Waals surface area contributed by atoms with E-state index in [0.717, 1.165) is 9.13 Å². The summed E-state index contributed by atoms with van der Waals surface area (Å²) in [7, 11) is 5.74. The Hall–Kier alpha value is -3.03. The standard InChI is InChI=1S/C16H19N3O5/c1-9(13-14(20)18(2)16(22)19(3)15(13)21)17-11-8-10(23-4)6-7-12(11)24-5/h6-8,20H,1-5H3. The summed E-state index contributed by atoms with van der Waals surface area (Å²) in [6.07, 6.45) is 0. The summed E-state index contributed by atoms with van der Waals surface area (Å²) in [4.78, 5) is 28.5. The Kier molecular flexibility index (Phi) is 4.77. The molecule has 0 saturated carbocycles. The second-order valence-corrected chi connectivity index (χ2v) is 5.14. The predicted octanol–water partition coefficient (Wildman–Crippen LogP) is 0.948. The number of benzene rings is 1. The lowest BCUT2D eigenvalue weighted by Crippen LogP contribution is -2.39. The van der Waals surface area contributed by atoms with Gasteiger partial charge in [0.15, 0.2) is 0 Å².